The van der Waals surface area contributed by atoms with Crippen LogP contribution in [0.25, 0.3) is 0 Å². The third-order valence-electron chi connectivity index (χ3n) is 3.88. The molecule has 1 fully saturated rings. The minimum Gasteiger partial charge on any atom is -0.343 e. The van der Waals surface area contributed by atoms with Crippen molar-refractivity contribution in [1.82, 2.24) is 4.90 Å². The van der Waals surface area contributed by atoms with Gasteiger partial charge in [0.25, 0.3) is 0 Å². The van der Waals surface area contributed by atoms with Crippen LogP contribution in [0.4, 0.5) is 0 Å². The molecule has 1 heterocycles. The van der Waals surface area contributed by atoms with E-state index in [9.17, 15) is 10.1 Å². The van der Waals surface area contributed by atoms with Crippen molar-refractivity contribution >= 4 is 5.91 Å². The molecule has 1 aromatic rings. The first-order valence-electron chi connectivity index (χ1n) is 6.31. The monoisotopic (exact) mass is 242 g/mol. The standard InChI is InChI=1S/C15H18N2O/c1-12-3-5-14(6-4-12)15(11-16)7-9-17(10-8-15)13(2)18/h3-6H,7-10H2,1-2H3. The van der Waals surface area contributed by atoms with Crippen molar-refractivity contribution in [3.63, 3.8) is 0 Å². The second-order valence-corrected chi connectivity index (χ2v) is 5.07. The summed E-state index contributed by atoms with van der Waals surface area (Å²) in [4.78, 5) is 13.1. The van der Waals surface area contributed by atoms with Crippen LogP contribution >= 0.6 is 0 Å². The summed E-state index contributed by atoms with van der Waals surface area (Å²) in [5.74, 6) is 0.102. The minimum absolute atomic E-state index is 0.102. The van der Waals surface area contributed by atoms with Crippen LogP contribution in [-0.2, 0) is 10.2 Å². The largest absolute Gasteiger partial charge is 0.343 e. The normalized spacial score (nSPS) is 18.2. The van der Waals surface area contributed by atoms with E-state index in [-0.39, 0.29) is 5.91 Å². The lowest BCUT2D eigenvalue weighted by Gasteiger charge is -2.37. The molecule has 2 rings (SSSR count). The molecule has 1 saturated heterocycles. The number of amides is 1. The molecule has 0 spiro atoms. The lowest BCUT2D eigenvalue weighted by Crippen LogP contribution is -2.43. The Morgan fingerprint density at radius 2 is 1.83 bits per heavy atom. The molecule has 0 N–H and O–H groups in total. The fourth-order valence-electron chi connectivity index (χ4n) is 2.54. The number of aryl methyl sites for hydroxylation is 1. The Morgan fingerprint density at radius 3 is 2.28 bits per heavy atom. The summed E-state index contributed by atoms with van der Waals surface area (Å²) in [6.07, 6.45) is 1.46. The van der Waals surface area contributed by atoms with Gasteiger partial charge in [0.1, 0.15) is 0 Å². The quantitative estimate of drug-likeness (QED) is 0.759. The van der Waals surface area contributed by atoms with Crippen molar-refractivity contribution in [1.29, 1.82) is 5.26 Å². The Bertz CT molecular complexity index is 476. The Hall–Kier alpha value is -1.82. The van der Waals surface area contributed by atoms with Crippen LogP contribution in [0.2, 0.25) is 0 Å². The molecule has 0 bridgehead atoms. The van der Waals surface area contributed by atoms with E-state index < -0.39 is 5.41 Å². The molecule has 94 valence electrons. The van der Waals surface area contributed by atoms with Crippen LogP contribution in [-0.4, -0.2) is 23.9 Å². The zero-order valence-electron chi connectivity index (χ0n) is 10.9. The van der Waals surface area contributed by atoms with Crippen LogP contribution in [0.5, 0.6) is 0 Å². The Morgan fingerprint density at radius 1 is 1.28 bits per heavy atom. The first-order valence-corrected chi connectivity index (χ1v) is 6.31. The molecule has 3 nitrogen and oxygen atoms in total. The lowest BCUT2D eigenvalue weighted by atomic mass is 9.74. The number of hydrogen-bond acceptors (Lipinski definition) is 2. The number of likely N-dealkylation sites (tertiary alicyclic amines) is 1. The predicted octanol–water partition coefficient (Wildman–Crippen LogP) is 2.40. The van der Waals surface area contributed by atoms with Gasteiger partial charge < -0.3 is 4.90 Å². The average Bonchev–Trinajstić information content (AvgIpc) is 2.39. The van der Waals surface area contributed by atoms with Gasteiger partial charge in [0.05, 0.1) is 11.5 Å². The molecular weight excluding hydrogens is 224 g/mol. The number of benzene rings is 1. The SMILES string of the molecule is CC(=O)N1CCC(C#N)(c2ccc(C)cc2)CC1. The van der Waals surface area contributed by atoms with Gasteiger partial charge in [-0.05, 0) is 25.3 Å². The smallest absolute Gasteiger partial charge is 0.219 e. The number of nitriles is 1. The molecule has 0 aliphatic carbocycles. The van der Waals surface area contributed by atoms with Crippen LogP contribution in [0.15, 0.2) is 24.3 Å². The van der Waals surface area contributed by atoms with Crippen molar-refractivity contribution in [2.24, 2.45) is 0 Å². The molecule has 0 radical (unpaired) electrons. The van der Waals surface area contributed by atoms with E-state index >= 15 is 0 Å². The van der Waals surface area contributed by atoms with E-state index in [2.05, 4.69) is 6.07 Å². The summed E-state index contributed by atoms with van der Waals surface area (Å²) in [5.41, 5.74) is 1.87. The number of rotatable bonds is 1. The van der Waals surface area contributed by atoms with Gasteiger partial charge in [-0.25, -0.2) is 0 Å². The second-order valence-electron chi connectivity index (χ2n) is 5.07. The molecule has 1 aliphatic rings. The first kappa shape index (κ1) is 12.6. The van der Waals surface area contributed by atoms with Crippen LogP contribution in [0, 0.1) is 18.3 Å². The zero-order chi connectivity index (χ0) is 13.2. The highest BCUT2D eigenvalue weighted by molar-refractivity contribution is 5.73. The third-order valence-corrected chi connectivity index (χ3v) is 3.88. The van der Waals surface area contributed by atoms with E-state index in [0.717, 1.165) is 18.4 Å². The van der Waals surface area contributed by atoms with Crippen LogP contribution in [0.1, 0.15) is 30.9 Å². The van der Waals surface area contributed by atoms with E-state index in [0.29, 0.717) is 13.1 Å². The molecule has 0 saturated carbocycles. The number of carbonyl (C=O) groups is 1. The van der Waals surface area contributed by atoms with Crippen molar-refractivity contribution in [3.8, 4) is 6.07 Å². The molecule has 0 unspecified atom stereocenters. The van der Waals surface area contributed by atoms with Crippen molar-refractivity contribution < 1.29 is 4.79 Å². The second kappa shape index (κ2) is 4.81. The summed E-state index contributed by atoms with van der Waals surface area (Å²) in [5, 5.41) is 9.54. The average molecular weight is 242 g/mol. The number of nitrogens with zero attached hydrogens (tertiary/aromatic N) is 2. The maximum absolute atomic E-state index is 11.3. The summed E-state index contributed by atoms with van der Waals surface area (Å²) in [6.45, 7) is 4.99. The third kappa shape index (κ3) is 2.24. The summed E-state index contributed by atoms with van der Waals surface area (Å²) < 4.78 is 0. The first-order chi connectivity index (χ1) is 8.57. The highest BCUT2D eigenvalue weighted by atomic mass is 16.2. The van der Waals surface area contributed by atoms with Crippen LogP contribution in [0.3, 0.4) is 0 Å². The Balaban J connectivity index is 2.22. The molecule has 1 aliphatic heterocycles. The van der Waals surface area contributed by atoms with Gasteiger partial charge in [-0.15, -0.1) is 0 Å². The summed E-state index contributed by atoms with van der Waals surface area (Å²) >= 11 is 0. The van der Waals surface area contributed by atoms with E-state index in [1.165, 1.54) is 5.56 Å². The molecule has 3 heteroatoms. The maximum atomic E-state index is 11.3. The van der Waals surface area contributed by atoms with E-state index in [4.69, 9.17) is 0 Å². The van der Waals surface area contributed by atoms with Crippen molar-refractivity contribution in [2.75, 3.05) is 13.1 Å². The van der Waals surface area contributed by atoms with Gasteiger partial charge in [-0.2, -0.15) is 5.26 Å². The van der Waals surface area contributed by atoms with Crippen molar-refractivity contribution in [3.05, 3.63) is 35.4 Å². The van der Waals surface area contributed by atoms with Crippen LogP contribution < -0.4 is 0 Å². The molecule has 1 aromatic carbocycles. The summed E-state index contributed by atoms with van der Waals surface area (Å²) in [6, 6.07) is 10.7. The predicted molar refractivity (Wildman–Crippen MR) is 70.0 cm³/mol. The highest BCUT2D eigenvalue weighted by Crippen LogP contribution is 2.35. The number of piperidine rings is 1. The van der Waals surface area contributed by atoms with Gasteiger partial charge in [0.2, 0.25) is 5.91 Å². The topological polar surface area (TPSA) is 44.1 Å². The number of carbonyl (C=O) groups excluding carboxylic acids is 1. The van der Waals surface area contributed by atoms with E-state index in [1.54, 1.807) is 6.92 Å². The molecule has 18 heavy (non-hydrogen) atoms. The fourth-order valence-corrected chi connectivity index (χ4v) is 2.54. The van der Waals surface area contributed by atoms with Gasteiger partial charge >= 0.3 is 0 Å². The van der Waals surface area contributed by atoms with Gasteiger partial charge in [-0.3, -0.25) is 4.79 Å². The number of hydrogen-bond donors (Lipinski definition) is 0. The zero-order valence-corrected chi connectivity index (χ0v) is 10.9. The maximum Gasteiger partial charge on any atom is 0.219 e. The van der Waals surface area contributed by atoms with Gasteiger partial charge in [0, 0.05) is 20.0 Å². The Labute approximate surface area is 108 Å². The Kier molecular flexibility index (Phi) is 3.38. The van der Waals surface area contributed by atoms with Gasteiger partial charge in [0.15, 0.2) is 0 Å². The molecule has 1 amide bonds. The highest BCUT2D eigenvalue weighted by Gasteiger charge is 2.36. The molecule has 0 atom stereocenters. The lowest BCUT2D eigenvalue weighted by molar-refractivity contribution is -0.130. The fraction of sp³-hybridized carbons (Fsp3) is 0.467. The minimum atomic E-state index is -0.417. The molecule has 0 aromatic heterocycles. The molecular formula is C15H18N2O. The summed E-state index contributed by atoms with van der Waals surface area (Å²) in [7, 11) is 0. The van der Waals surface area contributed by atoms with Crippen molar-refractivity contribution in [2.45, 2.75) is 32.1 Å². The van der Waals surface area contributed by atoms with Gasteiger partial charge in [-0.1, -0.05) is 29.8 Å². The van der Waals surface area contributed by atoms with E-state index in [1.807, 2.05) is 36.1 Å².